The van der Waals surface area contributed by atoms with Gasteiger partial charge in [0.05, 0.1) is 6.54 Å². The quantitative estimate of drug-likeness (QED) is 0.848. The zero-order valence-corrected chi connectivity index (χ0v) is 15.6. The van der Waals surface area contributed by atoms with Crippen molar-refractivity contribution in [2.75, 3.05) is 18.4 Å². The molecule has 25 heavy (non-hydrogen) atoms. The van der Waals surface area contributed by atoms with Crippen LogP contribution in [-0.4, -0.2) is 29.8 Å². The molecule has 5 heteroatoms. The van der Waals surface area contributed by atoms with Gasteiger partial charge in [0, 0.05) is 24.2 Å². The summed E-state index contributed by atoms with van der Waals surface area (Å²) in [6, 6.07) is 13.4. The molecule has 0 fully saturated rings. The van der Waals surface area contributed by atoms with Crippen molar-refractivity contribution in [2.45, 2.75) is 27.2 Å². The monoisotopic (exact) mass is 358 g/mol. The summed E-state index contributed by atoms with van der Waals surface area (Å²) in [5.41, 5.74) is 4.00. The van der Waals surface area contributed by atoms with Crippen molar-refractivity contribution in [3.63, 3.8) is 0 Å². The van der Waals surface area contributed by atoms with Gasteiger partial charge in [-0.2, -0.15) is 0 Å². The minimum absolute atomic E-state index is 0.0376. The number of nitrogens with zero attached hydrogens (tertiary/aromatic N) is 1. The van der Waals surface area contributed by atoms with Crippen molar-refractivity contribution >= 4 is 29.1 Å². The second-order valence-electron chi connectivity index (χ2n) is 6.24. The first-order valence-corrected chi connectivity index (χ1v) is 8.59. The van der Waals surface area contributed by atoms with E-state index in [-0.39, 0.29) is 18.4 Å². The normalized spacial score (nSPS) is 10.4. The number of hydrogen-bond acceptors (Lipinski definition) is 2. The lowest BCUT2D eigenvalue weighted by Gasteiger charge is -2.20. The first-order valence-electron chi connectivity index (χ1n) is 8.21. The van der Waals surface area contributed by atoms with Crippen molar-refractivity contribution in [1.82, 2.24) is 4.90 Å². The van der Waals surface area contributed by atoms with E-state index in [4.69, 9.17) is 11.6 Å². The minimum atomic E-state index is -0.198. The van der Waals surface area contributed by atoms with Gasteiger partial charge in [-0.1, -0.05) is 29.8 Å². The molecule has 0 aromatic heterocycles. The molecule has 0 atom stereocenters. The molecule has 2 aromatic carbocycles. The summed E-state index contributed by atoms with van der Waals surface area (Å²) in [4.78, 5) is 25.7. The number of nitrogens with one attached hydrogen (secondary N) is 1. The number of aryl methyl sites for hydroxylation is 2. The van der Waals surface area contributed by atoms with Gasteiger partial charge >= 0.3 is 0 Å². The largest absolute Gasteiger partial charge is 0.333 e. The summed E-state index contributed by atoms with van der Waals surface area (Å²) >= 11 is 5.88. The maximum atomic E-state index is 12.3. The Kier molecular flexibility index (Phi) is 6.59. The third kappa shape index (κ3) is 6.24. The molecular weight excluding hydrogens is 336 g/mol. The van der Waals surface area contributed by atoms with Gasteiger partial charge in [0.25, 0.3) is 0 Å². The molecular formula is C20H23ClN2O2. The number of anilines is 1. The molecule has 0 spiro atoms. The van der Waals surface area contributed by atoms with Gasteiger partial charge < -0.3 is 10.2 Å². The molecule has 2 aromatic rings. The molecule has 2 amide bonds. The summed E-state index contributed by atoms with van der Waals surface area (Å²) in [5.74, 6) is -0.319. The highest BCUT2D eigenvalue weighted by atomic mass is 35.5. The molecule has 4 nitrogen and oxygen atoms in total. The topological polar surface area (TPSA) is 49.4 Å². The van der Waals surface area contributed by atoms with Gasteiger partial charge in [0.2, 0.25) is 11.8 Å². The maximum Gasteiger partial charge on any atom is 0.243 e. The Morgan fingerprint density at radius 1 is 1.04 bits per heavy atom. The Morgan fingerprint density at radius 2 is 1.64 bits per heavy atom. The molecule has 0 unspecified atom stereocenters. The van der Waals surface area contributed by atoms with Crippen LogP contribution >= 0.6 is 11.6 Å². The predicted molar refractivity (Wildman–Crippen MR) is 102 cm³/mol. The smallest absolute Gasteiger partial charge is 0.243 e. The maximum absolute atomic E-state index is 12.3. The van der Waals surface area contributed by atoms with Crippen molar-refractivity contribution in [1.29, 1.82) is 0 Å². The Labute approximate surface area is 153 Å². The first kappa shape index (κ1) is 19.0. The Morgan fingerprint density at radius 3 is 2.20 bits per heavy atom. The zero-order valence-electron chi connectivity index (χ0n) is 14.8. The van der Waals surface area contributed by atoms with Gasteiger partial charge in [-0.05, 0) is 61.2 Å². The lowest BCUT2D eigenvalue weighted by Crippen LogP contribution is -2.38. The number of benzene rings is 2. The van der Waals surface area contributed by atoms with Crippen LogP contribution < -0.4 is 5.32 Å². The lowest BCUT2D eigenvalue weighted by atomic mass is 10.1. The first-order chi connectivity index (χ1) is 11.8. The number of carbonyl (C=O) groups excluding carboxylic acids is 2. The van der Waals surface area contributed by atoms with Crippen molar-refractivity contribution < 1.29 is 9.59 Å². The number of rotatable bonds is 6. The summed E-state index contributed by atoms with van der Waals surface area (Å²) in [5, 5.41) is 3.54. The Bertz CT molecular complexity index is 737. The second-order valence-corrected chi connectivity index (χ2v) is 6.68. The van der Waals surface area contributed by atoms with Gasteiger partial charge in [-0.15, -0.1) is 0 Å². The molecule has 1 N–H and O–H groups in total. The fraction of sp³-hybridized carbons (Fsp3) is 0.300. The average Bonchev–Trinajstić information content (AvgIpc) is 2.51. The standard InChI is InChI=1S/C20H23ClN2O2/c1-14-10-15(2)12-19(11-14)22-20(25)13-23(16(3)24)9-8-17-4-6-18(21)7-5-17/h4-7,10-12H,8-9,13H2,1-3H3,(H,22,25). The van der Waals surface area contributed by atoms with E-state index in [1.165, 1.54) is 6.92 Å². The zero-order chi connectivity index (χ0) is 18.4. The van der Waals surface area contributed by atoms with Crippen LogP contribution in [0.1, 0.15) is 23.6 Å². The van der Waals surface area contributed by atoms with Gasteiger partial charge in [0.15, 0.2) is 0 Å². The third-order valence-corrected chi connectivity index (χ3v) is 4.12. The highest BCUT2D eigenvalue weighted by Gasteiger charge is 2.14. The number of hydrogen-bond donors (Lipinski definition) is 1. The van der Waals surface area contributed by atoms with E-state index in [0.717, 1.165) is 22.4 Å². The fourth-order valence-electron chi connectivity index (χ4n) is 2.68. The molecule has 0 saturated heterocycles. The minimum Gasteiger partial charge on any atom is -0.333 e. The van der Waals surface area contributed by atoms with Gasteiger partial charge in [-0.3, -0.25) is 9.59 Å². The molecule has 0 radical (unpaired) electrons. The Hall–Kier alpha value is -2.33. The highest BCUT2D eigenvalue weighted by Crippen LogP contribution is 2.14. The van der Waals surface area contributed by atoms with Gasteiger partial charge in [0.1, 0.15) is 0 Å². The van der Waals surface area contributed by atoms with Crippen LogP contribution in [0.25, 0.3) is 0 Å². The second kappa shape index (κ2) is 8.67. The van der Waals surface area contributed by atoms with E-state index in [2.05, 4.69) is 5.32 Å². The summed E-state index contributed by atoms with van der Waals surface area (Å²) < 4.78 is 0. The molecule has 0 aliphatic heterocycles. The average molecular weight is 359 g/mol. The van der Waals surface area contributed by atoms with Crippen LogP contribution in [0, 0.1) is 13.8 Å². The van der Waals surface area contributed by atoms with Crippen LogP contribution in [0.5, 0.6) is 0 Å². The molecule has 0 aliphatic rings. The van der Waals surface area contributed by atoms with Crippen LogP contribution in [0.2, 0.25) is 5.02 Å². The Balaban J connectivity index is 1.94. The summed E-state index contributed by atoms with van der Waals surface area (Å²) in [6.45, 7) is 5.96. The van der Waals surface area contributed by atoms with Crippen LogP contribution in [0.4, 0.5) is 5.69 Å². The molecule has 2 rings (SSSR count). The molecule has 0 aliphatic carbocycles. The van der Waals surface area contributed by atoms with Crippen LogP contribution in [-0.2, 0) is 16.0 Å². The van der Waals surface area contributed by atoms with E-state index in [1.807, 2.05) is 56.3 Å². The van der Waals surface area contributed by atoms with Gasteiger partial charge in [-0.25, -0.2) is 0 Å². The lowest BCUT2D eigenvalue weighted by molar-refractivity contribution is -0.132. The third-order valence-electron chi connectivity index (χ3n) is 3.87. The van der Waals surface area contributed by atoms with E-state index >= 15 is 0 Å². The fourth-order valence-corrected chi connectivity index (χ4v) is 2.81. The van der Waals surface area contributed by atoms with Crippen LogP contribution in [0.3, 0.4) is 0 Å². The van der Waals surface area contributed by atoms with Crippen LogP contribution in [0.15, 0.2) is 42.5 Å². The SMILES string of the molecule is CC(=O)N(CCc1ccc(Cl)cc1)CC(=O)Nc1cc(C)cc(C)c1. The summed E-state index contributed by atoms with van der Waals surface area (Å²) in [6.07, 6.45) is 0.674. The van der Waals surface area contributed by atoms with E-state index < -0.39 is 0 Å². The highest BCUT2D eigenvalue weighted by molar-refractivity contribution is 6.30. The van der Waals surface area contributed by atoms with E-state index in [0.29, 0.717) is 18.0 Å². The predicted octanol–water partition coefficient (Wildman–Crippen LogP) is 3.99. The van der Waals surface area contributed by atoms with Crippen molar-refractivity contribution in [3.8, 4) is 0 Å². The molecule has 132 valence electrons. The summed E-state index contributed by atoms with van der Waals surface area (Å²) in [7, 11) is 0. The van der Waals surface area contributed by atoms with Crippen molar-refractivity contribution in [2.24, 2.45) is 0 Å². The molecule has 0 heterocycles. The van der Waals surface area contributed by atoms with Crippen molar-refractivity contribution in [3.05, 3.63) is 64.2 Å². The number of halogens is 1. The number of carbonyl (C=O) groups is 2. The van der Waals surface area contributed by atoms with E-state index in [1.54, 1.807) is 4.90 Å². The van der Waals surface area contributed by atoms with E-state index in [9.17, 15) is 9.59 Å². The molecule has 0 bridgehead atoms. The molecule has 0 saturated carbocycles. The number of amides is 2.